The minimum absolute atomic E-state index is 0.0570. The van der Waals surface area contributed by atoms with Crippen molar-refractivity contribution in [3.05, 3.63) is 12.7 Å². The van der Waals surface area contributed by atoms with Crippen molar-refractivity contribution < 1.29 is 4.79 Å². The van der Waals surface area contributed by atoms with Crippen LogP contribution in [0.4, 0.5) is 0 Å². The van der Waals surface area contributed by atoms with E-state index in [0.717, 1.165) is 18.3 Å². The molecule has 1 N–H and O–H groups in total. The van der Waals surface area contributed by atoms with Crippen LogP contribution in [0.5, 0.6) is 0 Å². The second-order valence-electron chi connectivity index (χ2n) is 4.72. The van der Waals surface area contributed by atoms with E-state index in [-0.39, 0.29) is 5.91 Å². The number of alkyl halides is 1. The summed E-state index contributed by atoms with van der Waals surface area (Å²) >= 11 is 3.46. The zero-order chi connectivity index (χ0) is 13.5. The molecule has 0 rings (SSSR count). The molecule has 0 aromatic rings. The molecule has 0 atom stereocenters. The van der Waals surface area contributed by atoms with E-state index in [2.05, 4.69) is 27.8 Å². The SMILES string of the molecule is C=CC(=O)NCCCCCCCCCCCCBr. The molecule has 106 valence electrons. The van der Waals surface area contributed by atoms with Gasteiger partial charge in [0.2, 0.25) is 5.91 Å². The molecule has 18 heavy (non-hydrogen) atoms. The number of hydrogen-bond acceptors (Lipinski definition) is 1. The number of halogens is 1. The summed E-state index contributed by atoms with van der Waals surface area (Å²) in [5.74, 6) is -0.0570. The number of carbonyl (C=O) groups excluding carboxylic acids is 1. The largest absolute Gasteiger partial charge is 0.353 e. The normalized spacial score (nSPS) is 10.3. The summed E-state index contributed by atoms with van der Waals surface area (Å²) in [4.78, 5) is 10.9. The first-order valence-corrected chi connectivity index (χ1v) is 8.39. The molecular formula is C15H28BrNO. The Balaban J connectivity index is 2.98. The Hall–Kier alpha value is -0.310. The van der Waals surface area contributed by atoms with E-state index in [1.165, 1.54) is 63.9 Å². The average molecular weight is 318 g/mol. The van der Waals surface area contributed by atoms with Gasteiger partial charge in [0.05, 0.1) is 0 Å². The maximum atomic E-state index is 10.9. The number of carbonyl (C=O) groups is 1. The molecule has 0 aliphatic carbocycles. The van der Waals surface area contributed by atoms with Gasteiger partial charge in [-0.3, -0.25) is 4.79 Å². The van der Waals surface area contributed by atoms with Gasteiger partial charge in [-0.25, -0.2) is 0 Å². The fraction of sp³-hybridized carbons (Fsp3) is 0.800. The van der Waals surface area contributed by atoms with E-state index >= 15 is 0 Å². The van der Waals surface area contributed by atoms with Crippen molar-refractivity contribution >= 4 is 21.8 Å². The molecular weight excluding hydrogens is 290 g/mol. The number of rotatable bonds is 13. The summed E-state index contributed by atoms with van der Waals surface area (Å²) in [5.41, 5.74) is 0. The van der Waals surface area contributed by atoms with Crippen molar-refractivity contribution in [3.63, 3.8) is 0 Å². The lowest BCUT2D eigenvalue weighted by Crippen LogP contribution is -2.21. The van der Waals surface area contributed by atoms with Crippen LogP contribution in [-0.2, 0) is 4.79 Å². The van der Waals surface area contributed by atoms with Crippen LogP contribution >= 0.6 is 15.9 Å². The zero-order valence-electron chi connectivity index (χ0n) is 11.6. The lowest BCUT2D eigenvalue weighted by Gasteiger charge is -2.03. The Bertz CT molecular complexity index is 207. The van der Waals surface area contributed by atoms with Gasteiger partial charge in [0.15, 0.2) is 0 Å². The van der Waals surface area contributed by atoms with Crippen molar-refractivity contribution in [1.82, 2.24) is 5.32 Å². The van der Waals surface area contributed by atoms with Crippen molar-refractivity contribution in [1.29, 1.82) is 0 Å². The van der Waals surface area contributed by atoms with Gasteiger partial charge in [0.25, 0.3) is 0 Å². The van der Waals surface area contributed by atoms with Crippen LogP contribution < -0.4 is 5.32 Å². The van der Waals surface area contributed by atoms with Crippen LogP contribution in [0.15, 0.2) is 12.7 Å². The van der Waals surface area contributed by atoms with Crippen LogP contribution in [0.1, 0.15) is 64.2 Å². The van der Waals surface area contributed by atoms with Gasteiger partial charge >= 0.3 is 0 Å². The first-order valence-electron chi connectivity index (χ1n) is 7.27. The number of nitrogens with one attached hydrogen (secondary N) is 1. The third kappa shape index (κ3) is 13.8. The fourth-order valence-corrected chi connectivity index (χ4v) is 2.31. The van der Waals surface area contributed by atoms with Gasteiger partial charge in [-0.05, 0) is 18.9 Å². The molecule has 0 heterocycles. The minimum Gasteiger partial charge on any atom is -0.353 e. The molecule has 3 heteroatoms. The molecule has 0 aliphatic rings. The monoisotopic (exact) mass is 317 g/mol. The summed E-state index contributed by atoms with van der Waals surface area (Å²) in [6, 6.07) is 0. The molecule has 0 aliphatic heterocycles. The molecule has 0 spiro atoms. The maximum Gasteiger partial charge on any atom is 0.243 e. The quantitative estimate of drug-likeness (QED) is 0.300. The third-order valence-corrected chi connectivity index (χ3v) is 3.61. The van der Waals surface area contributed by atoms with Gasteiger partial charge in [-0.2, -0.15) is 0 Å². The van der Waals surface area contributed by atoms with Crippen LogP contribution in [0.3, 0.4) is 0 Å². The van der Waals surface area contributed by atoms with E-state index in [0.29, 0.717) is 0 Å². The number of unbranched alkanes of at least 4 members (excludes halogenated alkanes) is 9. The van der Waals surface area contributed by atoms with Crippen LogP contribution in [0.25, 0.3) is 0 Å². The molecule has 0 saturated heterocycles. The zero-order valence-corrected chi connectivity index (χ0v) is 13.1. The highest BCUT2D eigenvalue weighted by molar-refractivity contribution is 9.09. The number of hydrogen-bond donors (Lipinski definition) is 1. The molecule has 0 bridgehead atoms. The average Bonchev–Trinajstić information content (AvgIpc) is 2.39. The highest BCUT2D eigenvalue weighted by Crippen LogP contribution is 2.10. The Morgan fingerprint density at radius 3 is 1.78 bits per heavy atom. The second kappa shape index (κ2) is 14.7. The molecule has 0 saturated carbocycles. The Kier molecular flexibility index (Phi) is 14.5. The molecule has 1 amide bonds. The first kappa shape index (κ1) is 17.7. The smallest absolute Gasteiger partial charge is 0.243 e. The maximum absolute atomic E-state index is 10.9. The van der Waals surface area contributed by atoms with Crippen molar-refractivity contribution in [2.45, 2.75) is 64.2 Å². The van der Waals surface area contributed by atoms with E-state index < -0.39 is 0 Å². The van der Waals surface area contributed by atoms with Gasteiger partial charge in [0.1, 0.15) is 0 Å². The Morgan fingerprint density at radius 1 is 0.889 bits per heavy atom. The summed E-state index contributed by atoms with van der Waals surface area (Å²) in [6.45, 7) is 4.21. The predicted molar refractivity (Wildman–Crippen MR) is 83.2 cm³/mol. The molecule has 0 unspecified atom stereocenters. The number of amides is 1. The molecule has 0 aromatic heterocycles. The van der Waals surface area contributed by atoms with Crippen LogP contribution in [0.2, 0.25) is 0 Å². The minimum atomic E-state index is -0.0570. The highest BCUT2D eigenvalue weighted by Gasteiger charge is 1.94. The van der Waals surface area contributed by atoms with E-state index in [1.54, 1.807) is 0 Å². The topological polar surface area (TPSA) is 29.1 Å². The summed E-state index contributed by atoms with van der Waals surface area (Å²) in [5, 5.41) is 3.95. The molecule has 2 nitrogen and oxygen atoms in total. The van der Waals surface area contributed by atoms with Gasteiger partial charge in [-0.1, -0.05) is 73.9 Å². The van der Waals surface area contributed by atoms with E-state index in [4.69, 9.17) is 0 Å². The van der Waals surface area contributed by atoms with Gasteiger partial charge in [0, 0.05) is 11.9 Å². The van der Waals surface area contributed by atoms with Crippen LogP contribution in [0, 0.1) is 0 Å². The lowest BCUT2D eigenvalue weighted by molar-refractivity contribution is -0.116. The first-order chi connectivity index (χ1) is 8.81. The van der Waals surface area contributed by atoms with Crippen molar-refractivity contribution in [3.8, 4) is 0 Å². The Labute approximate surface area is 121 Å². The molecule has 0 fully saturated rings. The van der Waals surface area contributed by atoms with Crippen molar-refractivity contribution in [2.75, 3.05) is 11.9 Å². The van der Waals surface area contributed by atoms with Gasteiger partial charge in [-0.15, -0.1) is 0 Å². The van der Waals surface area contributed by atoms with E-state index in [9.17, 15) is 4.79 Å². The molecule has 0 aromatic carbocycles. The van der Waals surface area contributed by atoms with Gasteiger partial charge < -0.3 is 5.32 Å². The molecule has 0 radical (unpaired) electrons. The predicted octanol–water partition coefficient (Wildman–Crippen LogP) is 4.58. The lowest BCUT2D eigenvalue weighted by atomic mass is 10.1. The van der Waals surface area contributed by atoms with E-state index in [1.807, 2.05) is 0 Å². The summed E-state index contributed by atoms with van der Waals surface area (Å²) in [7, 11) is 0. The summed E-state index contributed by atoms with van der Waals surface area (Å²) in [6.07, 6.45) is 14.5. The third-order valence-electron chi connectivity index (χ3n) is 3.05. The highest BCUT2D eigenvalue weighted by atomic mass is 79.9. The van der Waals surface area contributed by atoms with Crippen molar-refractivity contribution in [2.24, 2.45) is 0 Å². The Morgan fingerprint density at radius 2 is 1.33 bits per heavy atom. The second-order valence-corrected chi connectivity index (χ2v) is 5.51. The fourth-order valence-electron chi connectivity index (χ4n) is 1.92. The summed E-state index contributed by atoms with van der Waals surface area (Å²) < 4.78 is 0. The standard InChI is InChI=1S/C15H28BrNO/c1-2-15(18)17-14-12-10-8-6-4-3-5-7-9-11-13-16/h2H,1,3-14H2,(H,17,18). The van der Waals surface area contributed by atoms with Crippen LogP contribution in [-0.4, -0.2) is 17.8 Å².